The maximum absolute atomic E-state index is 13.2. The van der Waals surface area contributed by atoms with Crippen molar-refractivity contribution in [3.8, 4) is 28.1 Å². The van der Waals surface area contributed by atoms with Gasteiger partial charge in [-0.3, -0.25) is 0 Å². The van der Waals surface area contributed by atoms with E-state index in [4.69, 9.17) is 4.74 Å². The highest BCUT2D eigenvalue weighted by Gasteiger charge is 2.15. The van der Waals surface area contributed by atoms with Crippen LogP contribution in [0.25, 0.3) is 22.4 Å². The highest BCUT2D eigenvalue weighted by Crippen LogP contribution is 2.37. The summed E-state index contributed by atoms with van der Waals surface area (Å²) in [6.07, 6.45) is 3.60. The highest BCUT2D eigenvalue weighted by molar-refractivity contribution is 7.98. The summed E-state index contributed by atoms with van der Waals surface area (Å²) in [7, 11) is 1.59. The Labute approximate surface area is 138 Å². The Morgan fingerprint density at radius 1 is 0.957 bits per heavy atom. The molecule has 0 amide bonds. The number of rotatable bonds is 4. The molecule has 116 valence electrons. The lowest BCUT2D eigenvalue weighted by Crippen LogP contribution is -1.97. The average molecular weight is 326 g/mol. The zero-order valence-corrected chi connectivity index (χ0v) is 13.6. The molecule has 0 bridgehead atoms. The Balaban J connectivity index is 2.18. The number of methoxy groups -OCH3 is 1. The predicted molar refractivity (Wildman–Crippen MR) is 91.2 cm³/mol. The second-order valence-electron chi connectivity index (χ2n) is 4.87. The summed E-state index contributed by atoms with van der Waals surface area (Å²) < 4.78 is 18.7. The van der Waals surface area contributed by atoms with Crippen LogP contribution in [0.15, 0.2) is 59.6 Å². The van der Waals surface area contributed by atoms with Crippen LogP contribution in [-0.2, 0) is 0 Å². The van der Waals surface area contributed by atoms with E-state index in [9.17, 15) is 4.39 Å². The number of hydrogen-bond acceptors (Lipinski definition) is 4. The molecule has 3 nitrogen and oxygen atoms in total. The van der Waals surface area contributed by atoms with Gasteiger partial charge >= 0.3 is 0 Å². The maximum Gasteiger partial charge on any atom is 0.149 e. The molecule has 0 saturated carbocycles. The molecular weight excluding hydrogens is 311 g/mol. The summed E-state index contributed by atoms with van der Waals surface area (Å²) in [5.74, 6) is 0.330. The number of thioether (sulfide) groups is 1. The van der Waals surface area contributed by atoms with E-state index in [1.165, 1.54) is 17.0 Å². The van der Waals surface area contributed by atoms with Gasteiger partial charge in [0, 0.05) is 10.5 Å². The standard InChI is InChI=1S/C18H15FN2OS/c1-22-16-11-20-21-18(13-5-9-15(23-2)10-6-13)17(16)12-3-7-14(19)8-4-12/h3-11H,1-2H3. The average Bonchev–Trinajstić information content (AvgIpc) is 2.62. The van der Waals surface area contributed by atoms with E-state index in [1.807, 2.05) is 30.5 Å². The summed E-state index contributed by atoms with van der Waals surface area (Å²) in [4.78, 5) is 1.17. The SMILES string of the molecule is COc1cnnc(-c2ccc(SC)cc2)c1-c1ccc(F)cc1. The number of ether oxygens (including phenoxy) is 1. The van der Waals surface area contributed by atoms with Crippen LogP contribution in [0.2, 0.25) is 0 Å². The van der Waals surface area contributed by atoms with Gasteiger partial charge in [-0.25, -0.2) is 4.39 Å². The molecule has 3 aromatic rings. The molecule has 0 N–H and O–H groups in total. The van der Waals surface area contributed by atoms with Crippen LogP contribution in [0.1, 0.15) is 0 Å². The van der Waals surface area contributed by atoms with Crippen LogP contribution in [0.4, 0.5) is 4.39 Å². The maximum atomic E-state index is 13.2. The van der Waals surface area contributed by atoms with Gasteiger partial charge in [0.2, 0.25) is 0 Å². The Morgan fingerprint density at radius 2 is 1.61 bits per heavy atom. The molecular formula is C18H15FN2OS. The number of halogens is 1. The van der Waals surface area contributed by atoms with Crippen LogP contribution < -0.4 is 4.74 Å². The van der Waals surface area contributed by atoms with Gasteiger partial charge in [-0.1, -0.05) is 24.3 Å². The van der Waals surface area contributed by atoms with Crippen LogP contribution in [0.3, 0.4) is 0 Å². The lowest BCUT2D eigenvalue weighted by atomic mass is 9.99. The molecule has 5 heteroatoms. The smallest absolute Gasteiger partial charge is 0.149 e. The quantitative estimate of drug-likeness (QED) is 0.652. The van der Waals surface area contributed by atoms with Gasteiger partial charge in [0.05, 0.1) is 18.9 Å². The third-order valence-corrected chi connectivity index (χ3v) is 4.28. The minimum atomic E-state index is -0.277. The number of hydrogen-bond donors (Lipinski definition) is 0. The van der Waals surface area contributed by atoms with E-state index < -0.39 is 0 Å². The molecule has 0 aliphatic heterocycles. The number of aromatic nitrogens is 2. The topological polar surface area (TPSA) is 35.0 Å². The highest BCUT2D eigenvalue weighted by atomic mass is 32.2. The van der Waals surface area contributed by atoms with Gasteiger partial charge in [0.25, 0.3) is 0 Å². The lowest BCUT2D eigenvalue weighted by molar-refractivity contribution is 0.413. The Bertz CT molecular complexity index is 804. The Kier molecular flexibility index (Phi) is 4.57. The van der Waals surface area contributed by atoms with Crippen molar-refractivity contribution in [3.63, 3.8) is 0 Å². The van der Waals surface area contributed by atoms with Crippen LogP contribution >= 0.6 is 11.8 Å². The normalized spacial score (nSPS) is 10.6. The van der Waals surface area contributed by atoms with Gasteiger partial charge in [-0.2, -0.15) is 5.10 Å². The first kappa shape index (κ1) is 15.5. The molecule has 1 heterocycles. The van der Waals surface area contributed by atoms with Gasteiger partial charge in [0.15, 0.2) is 0 Å². The molecule has 0 aliphatic carbocycles. The van der Waals surface area contributed by atoms with Gasteiger partial charge in [-0.15, -0.1) is 16.9 Å². The molecule has 0 fully saturated rings. The molecule has 0 atom stereocenters. The predicted octanol–water partition coefficient (Wildman–Crippen LogP) is 4.68. The van der Waals surface area contributed by atoms with E-state index >= 15 is 0 Å². The van der Waals surface area contributed by atoms with Crippen LogP contribution in [0.5, 0.6) is 5.75 Å². The number of nitrogens with zero attached hydrogens (tertiary/aromatic N) is 2. The van der Waals surface area contributed by atoms with Crippen molar-refractivity contribution >= 4 is 11.8 Å². The summed E-state index contributed by atoms with van der Waals surface area (Å²) >= 11 is 1.68. The fourth-order valence-electron chi connectivity index (χ4n) is 2.37. The summed E-state index contributed by atoms with van der Waals surface area (Å²) in [6.45, 7) is 0. The third-order valence-electron chi connectivity index (χ3n) is 3.53. The largest absolute Gasteiger partial charge is 0.494 e. The second kappa shape index (κ2) is 6.79. The number of benzene rings is 2. The molecule has 2 aromatic carbocycles. The molecule has 23 heavy (non-hydrogen) atoms. The summed E-state index contributed by atoms with van der Waals surface area (Å²) in [5, 5.41) is 8.31. The zero-order valence-electron chi connectivity index (χ0n) is 12.8. The van der Waals surface area contributed by atoms with Crippen molar-refractivity contribution in [2.75, 3.05) is 13.4 Å². The van der Waals surface area contributed by atoms with E-state index in [0.29, 0.717) is 11.4 Å². The first-order valence-electron chi connectivity index (χ1n) is 7.03. The second-order valence-corrected chi connectivity index (χ2v) is 5.75. The molecule has 0 saturated heterocycles. The molecule has 0 spiro atoms. The zero-order chi connectivity index (χ0) is 16.2. The van der Waals surface area contributed by atoms with Crippen molar-refractivity contribution in [1.82, 2.24) is 10.2 Å². The summed E-state index contributed by atoms with van der Waals surface area (Å²) in [5.41, 5.74) is 3.29. The van der Waals surface area contributed by atoms with Crippen LogP contribution in [-0.4, -0.2) is 23.6 Å². The van der Waals surface area contributed by atoms with Gasteiger partial charge < -0.3 is 4.74 Å². The lowest BCUT2D eigenvalue weighted by Gasteiger charge is -2.13. The van der Waals surface area contributed by atoms with Crippen molar-refractivity contribution in [2.45, 2.75) is 4.90 Å². The van der Waals surface area contributed by atoms with Crippen molar-refractivity contribution in [2.24, 2.45) is 0 Å². The monoisotopic (exact) mass is 326 g/mol. The molecule has 0 radical (unpaired) electrons. The Hall–Kier alpha value is -2.40. The minimum Gasteiger partial charge on any atom is -0.494 e. The van der Waals surface area contributed by atoms with E-state index in [-0.39, 0.29) is 5.82 Å². The van der Waals surface area contributed by atoms with E-state index in [1.54, 1.807) is 37.2 Å². The third kappa shape index (κ3) is 3.19. The first-order chi connectivity index (χ1) is 11.2. The van der Waals surface area contributed by atoms with Crippen molar-refractivity contribution in [1.29, 1.82) is 0 Å². The van der Waals surface area contributed by atoms with Gasteiger partial charge in [-0.05, 0) is 36.1 Å². The fourth-order valence-corrected chi connectivity index (χ4v) is 2.78. The van der Waals surface area contributed by atoms with Gasteiger partial charge in [0.1, 0.15) is 17.3 Å². The molecule has 0 unspecified atom stereocenters. The molecule has 3 rings (SSSR count). The van der Waals surface area contributed by atoms with E-state index in [2.05, 4.69) is 10.2 Å². The first-order valence-corrected chi connectivity index (χ1v) is 8.25. The van der Waals surface area contributed by atoms with Crippen molar-refractivity contribution < 1.29 is 9.13 Å². The van der Waals surface area contributed by atoms with E-state index in [0.717, 1.165) is 16.7 Å². The fraction of sp³-hybridized carbons (Fsp3) is 0.111. The molecule has 0 aliphatic rings. The van der Waals surface area contributed by atoms with Crippen LogP contribution in [0, 0.1) is 5.82 Å². The van der Waals surface area contributed by atoms with Crippen molar-refractivity contribution in [3.05, 3.63) is 60.5 Å². The molecule has 1 aromatic heterocycles. The Morgan fingerprint density at radius 3 is 2.22 bits per heavy atom. The minimum absolute atomic E-state index is 0.277. The summed E-state index contributed by atoms with van der Waals surface area (Å²) in [6, 6.07) is 14.4.